The van der Waals surface area contributed by atoms with Crippen LogP contribution in [0.3, 0.4) is 0 Å². The highest BCUT2D eigenvalue weighted by molar-refractivity contribution is 9.11. The minimum Gasteiger partial charge on any atom is -0.375 e. The Balaban J connectivity index is 2.02. The van der Waals surface area contributed by atoms with Crippen LogP contribution in [0.1, 0.15) is 24.8 Å². The molecule has 21 heavy (non-hydrogen) atoms. The first-order chi connectivity index (χ1) is 9.91. The summed E-state index contributed by atoms with van der Waals surface area (Å²) in [6.45, 7) is 2.85. The quantitative estimate of drug-likeness (QED) is 0.710. The lowest BCUT2D eigenvalue weighted by atomic mass is 10.2. The van der Waals surface area contributed by atoms with Gasteiger partial charge in [0, 0.05) is 15.5 Å². The second-order valence-corrected chi connectivity index (χ2v) is 9.12. The lowest BCUT2D eigenvalue weighted by molar-refractivity contribution is -0.0241. The fraction of sp³-hybridized carbons (Fsp3) is 0.571. The fourth-order valence-corrected chi connectivity index (χ4v) is 6.44. The number of sulfonamides is 1. The Morgan fingerprint density at radius 1 is 1.24 bits per heavy atom. The predicted octanol–water partition coefficient (Wildman–Crippen LogP) is 3.46. The van der Waals surface area contributed by atoms with Crippen molar-refractivity contribution in [2.24, 2.45) is 0 Å². The molecule has 2 fully saturated rings. The summed E-state index contributed by atoms with van der Waals surface area (Å²) in [6, 6.07) is 3.51. The smallest absolute Gasteiger partial charge is 0.244 e. The van der Waals surface area contributed by atoms with Gasteiger partial charge < -0.3 is 4.74 Å². The van der Waals surface area contributed by atoms with Gasteiger partial charge in [0.1, 0.15) is 0 Å². The van der Waals surface area contributed by atoms with Crippen molar-refractivity contribution in [2.45, 2.75) is 43.2 Å². The summed E-state index contributed by atoms with van der Waals surface area (Å²) in [7, 11) is -3.51. The average Bonchev–Trinajstić information content (AvgIpc) is 2.90. The number of rotatable bonds is 2. The molecule has 0 radical (unpaired) electrons. The van der Waals surface area contributed by atoms with E-state index in [1.165, 1.54) is 0 Å². The van der Waals surface area contributed by atoms with E-state index in [1.807, 2.05) is 13.0 Å². The number of halogens is 2. The fourth-order valence-electron chi connectivity index (χ4n) is 3.14. The third-order valence-corrected chi connectivity index (χ3v) is 7.97. The number of ether oxygens (including phenoxy) is 1. The van der Waals surface area contributed by atoms with Gasteiger partial charge in [-0.2, -0.15) is 4.31 Å². The zero-order chi connectivity index (χ0) is 15.2. The SMILES string of the molecule is Cc1cc(Br)c(S(=O)(=O)N2CCOC3CCCC32)cc1Br. The highest BCUT2D eigenvalue weighted by Gasteiger charge is 2.42. The Hall–Kier alpha value is 0.0500. The number of nitrogens with zero attached hydrogens (tertiary/aromatic N) is 1. The number of benzene rings is 1. The Bertz CT molecular complexity index is 662. The van der Waals surface area contributed by atoms with Crippen LogP contribution in [0.15, 0.2) is 26.0 Å². The molecule has 1 saturated carbocycles. The average molecular weight is 439 g/mol. The third-order valence-electron chi connectivity index (χ3n) is 4.23. The molecule has 7 heteroatoms. The molecule has 3 rings (SSSR count). The number of aryl methyl sites for hydroxylation is 1. The third kappa shape index (κ3) is 2.83. The van der Waals surface area contributed by atoms with Gasteiger partial charge in [0.2, 0.25) is 10.0 Å². The largest absolute Gasteiger partial charge is 0.375 e. The summed E-state index contributed by atoms with van der Waals surface area (Å²) in [5, 5.41) is 0. The van der Waals surface area contributed by atoms with Gasteiger partial charge in [0.15, 0.2) is 0 Å². The van der Waals surface area contributed by atoms with Crippen molar-refractivity contribution in [3.8, 4) is 0 Å². The van der Waals surface area contributed by atoms with E-state index in [-0.39, 0.29) is 12.1 Å². The van der Waals surface area contributed by atoms with Gasteiger partial charge in [0.05, 0.1) is 23.6 Å². The van der Waals surface area contributed by atoms with Gasteiger partial charge in [0.25, 0.3) is 0 Å². The Kier molecular flexibility index (Phi) is 4.49. The number of morpholine rings is 1. The van der Waals surface area contributed by atoms with E-state index in [9.17, 15) is 8.42 Å². The van der Waals surface area contributed by atoms with Crippen molar-refractivity contribution in [3.63, 3.8) is 0 Å². The molecular formula is C14H17Br2NO3S. The highest BCUT2D eigenvalue weighted by Crippen LogP contribution is 2.36. The molecule has 1 aliphatic carbocycles. The topological polar surface area (TPSA) is 46.6 Å². The molecule has 1 aliphatic heterocycles. The van der Waals surface area contributed by atoms with Gasteiger partial charge in [-0.25, -0.2) is 8.42 Å². The van der Waals surface area contributed by atoms with Crippen LogP contribution in [0, 0.1) is 6.92 Å². The monoisotopic (exact) mass is 437 g/mol. The van der Waals surface area contributed by atoms with Crippen LogP contribution < -0.4 is 0 Å². The molecule has 0 bridgehead atoms. The van der Waals surface area contributed by atoms with Crippen LogP contribution in [0.5, 0.6) is 0 Å². The standard InChI is InChI=1S/C14H17Br2NO3S/c1-9-7-11(16)14(8-10(9)15)21(18,19)17-5-6-20-13-4-2-3-12(13)17/h7-8,12-13H,2-6H2,1H3. The number of hydrogen-bond donors (Lipinski definition) is 0. The molecule has 116 valence electrons. The van der Waals surface area contributed by atoms with E-state index >= 15 is 0 Å². The van der Waals surface area contributed by atoms with Gasteiger partial charge in [-0.3, -0.25) is 0 Å². The van der Waals surface area contributed by atoms with E-state index in [2.05, 4.69) is 31.9 Å². The Morgan fingerprint density at radius 3 is 2.76 bits per heavy atom. The lowest BCUT2D eigenvalue weighted by Gasteiger charge is -2.36. The highest BCUT2D eigenvalue weighted by atomic mass is 79.9. The second-order valence-electron chi connectivity index (χ2n) is 5.56. The van der Waals surface area contributed by atoms with E-state index in [0.717, 1.165) is 29.3 Å². The van der Waals surface area contributed by atoms with Crippen LogP contribution in [-0.2, 0) is 14.8 Å². The van der Waals surface area contributed by atoms with Gasteiger partial charge in [-0.05, 0) is 59.8 Å². The maximum absolute atomic E-state index is 13.0. The van der Waals surface area contributed by atoms with Gasteiger partial charge in [-0.15, -0.1) is 0 Å². The molecule has 2 unspecified atom stereocenters. The van der Waals surface area contributed by atoms with Crippen molar-refractivity contribution < 1.29 is 13.2 Å². The molecule has 0 spiro atoms. The molecule has 1 saturated heterocycles. The Morgan fingerprint density at radius 2 is 2.00 bits per heavy atom. The van der Waals surface area contributed by atoms with Crippen molar-refractivity contribution in [1.82, 2.24) is 4.31 Å². The number of fused-ring (bicyclic) bond motifs is 1. The van der Waals surface area contributed by atoms with Crippen molar-refractivity contribution in [2.75, 3.05) is 13.2 Å². The van der Waals surface area contributed by atoms with Crippen LogP contribution >= 0.6 is 31.9 Å². The predicted molar refractivity (Wildman–Crippen MR) is 87.8 cm³/mol. The second kappa shape index (κ2) is 5.92. The molecular weight excluding hydrogens is 422 g/mol. The van der Waals surface area contributed by atoms with E-state index in [1.54, 1.807) is 10.4 Å². The van der Waals surface area contributed by atoms with Gasteiger partial charge in [-0.1, -0.05) is 15.9 Å². The zero-order valence-corrected chi connectivity index (χ0v) is 15.7. The minimum absolute atomic E-state index is 0.0178. The molecule has 0 N–H and O–H groups in total. The first-order valence-corrected chi connectivity index (χ1v) is 10.0. The summed E-state index contributed by atoms with van der Waals surface area (Å²) >= 11 is 6.82. The van der Waals surface area contributed by atoms with Crippen LogP contribution in [0.25, 0.3) is 0 Å². The molecule has 1 aromatic rings. The summed E-state index contributed by atoms with van der Waals surface area (Å²) < 4.78 is 34.8. The van der Waals surface area contributed by atoms with Crippen molar-refractivity contribution in [1.29, 1.82) is 0 Å². The first kappa shape index (κ1) is 15.9. The molecule has 0 amide bonds. The summed E-state index contributed by atoms with van der Waals surface area (Å²) in [6.07, 6.45) is 2.92. The number of hydrogen-bond acceptors (Lipinski definition) is 3. The van der Waals surface area contributed by atoms with E-state index in [0.29, 0.717) is 22.5 Å². The normalized spacial score (nSPS) is 26.8. The molecule has 1 heterocycles. The molecule has 2 aliphatic rings. The maximum Gasteiger partial charge on any atom is 0.244 e. The van der Waals surface area contributed by atoms with Gasteiger partial charge >= 0.3 is 0 Å². The Labute approximate surface area is 142 Å². The summed E-state index contributed by atoms with van der Waals surface area (Å²) in [5.41, 5.74) is 1.00. The van der Waals surface area contributed by atoms with Crippen LogP contribution in [-0.4, -0.2) is 38.0 Å². The van der Waals surface area contributed by atoms with Crippen LogP contribution in [0.2, 0.25) is 0 Å². The lowest BCUT2D eigenvalue weighted by Crippen LogP contribution is -2.51. The summed E-state index contributed by atoms with van der Waals surface area (Å²) in [4.78, 5) is 0.326. The first-order valence-electron chi connectivity index (χ1n) is 7.00. The molecule has 1 aromatic carbocycles. The molecule has 2 atom stereocenters. The molecule has 4 nitrogen and oxygen atoms in total. The molecule has 0 aromatic heterocycles. The summed E-state index contributed by atoms with van der Waals surface area (Å²) in [5.74, 6) is 0. The van der Waals surface area contributed by atoms with E-state index in [4.69, 9.17) is 4.74 Å². The zero-order valence-electron chi connectivity index (χ0n) is 11.7. The minimum atomic E-state index is -3.51. The van der Waals surface area contributed by atoms with Crippen molar-refractivity contribution >= 4 is 41.9 Å². The van der Waals surface area contributed by atoms with E-state index < -0.39 is 10.0 Å². The van der Waals surface area contributed by atoms with Crippen molar-refractivity contribution in [3.05, 3.63) is 26.6 Å². The van der Waals surface area contributed by atoms with Crippen LogP contribution in [0.4, 0.5) is 0 Å². The maximum atomic E-state index is 13.0.